The van der Waals surface area contributed by atoms with Gasteiger partial charge in [0.1, 0.15) is 0 Å². The average Bonchev–Trinajstić information content (AvgIpc) is 2.93. The minimum Gasteiger partial charge on any atom is -0.325 e. The van der Waals surface area contributed by atoms with Crippen LogP contribution >= 0.6 is 27.5 Å². The first-order valence-electron chi connectivity index (χ1n) is 7.98. The molecule has 0 bridgehead atoms. The highest BCUT2D eigenvalue weighted by molar-refractivity contribution is 9.10. The summed E-state index contributed by atoms with van der Waals surface area (Å²) in [4.78, 5) is 26.6. The standard InChI is InChI=1S/C19H18BrClN2O2/c1-11-7-14(20)8-12(2)18(11)22-19(25)13-9-17(24)23(10-13)16-5-3-15(21)4-6-16/h3-8,13H,9-10H2,1-2H3,(H,22,25)/t13-/m0/s1. The van der Waals surface area contributed by atoms with Gasteiger partial charge >= 0.3 is 0 Å². The Balaban J connectivity index is 1.74. The zero-order valence-electron chi connectivity index (χ0n) is 14.0. The largest absolute Gasteiger partial charge is 0.325 e. The molecule has 1 saturated heterocycles. The first-order valence-corrected chi connectivity index (χ1v) is 9.16. The number of nitrogens with zero attached hydrogens (tertiary/aromatic N) is 1. The Labute approximate surface area is 160 Å². The van der Waals surface area contributed by atoms with E-state index in [4.69, 9.17) is 11.6 Å². The second-order valence-electron chi connectivity index (χ2n) is 6.29. The van der Waals surface area contributed by atoms with Gasteiger partial charge in [0.15, 0.2) is 0 Å². The molecule has 0 aromatic heterocycles. The van der Waals surface area contributed by atoms with Gasteiger partial charge in [0.05, 0.1) is 5.92 Å². The van der Waals surface area contributed by atoms with Crippen molar-refractivity contribution < 1.29 is 9.59 Å². The maximum Gasteiger partial charge on any atom is 0.229 e. The number of anilines is 2. The van der Waals surface area contributed by atoms with Crippen molar-refractivity contribution in [1.82, 2.24) is 0 Å². The topological polar surface area (TPSA) is 49.4 Å². The number of halogens is 2. The van der Waals surface area contributed by atoms with Crippen molar-refractivity contribution in [2.24, 2.45) is 5.92 Å². The van der Waals surface area contributed by atoms with Crippen LogP contribution < -0.4 is 10.2 Å². The number of hydrogen-bond acceptors (Lipinski definition) is 2. The molecule has 130 valence electrons. The monoisotopic (exact) mass is 420 g/mol. The second kappa shape index (κ2) is 7.18. The summed E-state index contributed by atoms with van der Waals surface area (Å²) in [6.45, 7) is 4.28. The van der Waals surface area contributed by atoms with Gasteiger partial charge in [0.25, 0.3) is 0 Å². The fourth-order valence-corrected chi connectivity index (χ4v) is 3.90. The Morgan fingerprint density at radius 1 is 1.20 bits per heavy atom. The zero-order valence-corrected chi connectivity index (χ0v) is 16.3. The number of hydrogen-bond donors (Lipinski definition) is 1. The number of amides is 2. The summed E-state index contributed by atoms with van der Waals surface area (Å²) in [5.74, 6) is -0.546. The van der Waals surface area contributed by atoms with Crippen LogP contribution in [-0.2, 0) is 9.59 Å². The Hall–Kier alpha value is -1.85. The molecule has 1 aliphatic heterocycles. The van der Waals surface area contributed by atoms with E-state index in [0.717, 1.165) is 27.0 Å². The van der Waals surface area contributed by atoms with Gasteiger partial charge in [-0.25, -0.2) is 0 Å². The lowest BCUT2D eigenvalue weighted by Gasteiger charge is -2.18. The Kier molecular flexibility index (Phi) is 5.16. The van der Waals surface area contributed by atoms with Gasteiger partial charge in [-0.1, -0.05) is 27.5 Å². The lowest BCUT2D eigenvalue weighted by molar-refractivity contribution is -0.122. The summed E-state index contributed by atoms with van der Waals surface area (Å²) in [6.07, 6.45) is 0.211. The fourth-order valence-electron chi connectivity index (χ4n) is 3.09. The molecule has 1 N–H and O–H groups in total. The molecule has 0 saturated carbocycles. The summed E-state index contributed by atoms with van der Waals surface area (Å²) in [5, 5.41) is 3.61. The van der Waals surface area contributed by atoms with Gasteiger partial charge in [-0.15, -0.1) is 0 Å². The molecule has 0 spiro atoms. The zero-order chi connectivity index (χ0) is 18.1. The molecular formula is C19H18BrClN2O2. The number of aryl methyl sites for hydroxylation is 2. The molecule has 1 atom stereocenters. The average molecular weight is 422 g/mol. The van der Waals surface area contributed by atoms with Crippen LogP contribution in [0.3, 0.4) is 0 Å². The van der Waals surface area contributed by atoms with E-state index >= 15 is 0 Å². The van der Waals surface area contributed by atoms with Crippen LogP contribution in [-0.4, -0.2) is 18.4 Å². The highest BCUT2D eigenvalue weighted by atomic mass is 79.9. The third kappa shape index (κ3) is 3.88. The van der Waals surface area contributed by atoms with Gasteiger partial charge in [-0.3, -0.25) is 9.59 Å². The number of nitrogens with one attached hydrogen (secondary N) is 1. The van der Waals surface area contributed by atoms with Crippen LogP contribution in [0.5, 0.6) is 0 Å². The lowest BCUT2D eigenvalue weighted by atomic mass is 10.1. The first kappa shape index (κ1) is 18.0. The molecule has 6 heteroatoms. The predicted molar refractivity (Wildman–Crippen MR) is 104 cm³/mol. The Bertz CT molecular complexity index is 813. The van der Waals surface area contributed by atoms with Crippen LogP contribution in [0, 0.1) is 19.8 Å². The van der Waals surface area contributed by atoms with Crippen molar-refractivity contribution >= 4 is 50.7 Å². The van der Waals surface area contributed by atoms with Crippen molar-refractivity contribution in [3.63, 3.8) is 0 Å². The summed E-state index contributed by atoms with van der Waals surface area (Å²) < 4.78 is 0.977. The molecule has 1 heterocycles. The highest BCUT2D eigenvalue weighted by Gasteiger charge is 2.35. The number of carbonyl (C=O) groups is 2. The molecule has 25 heavy (non-hydrogen) atoms. The van der Waals surface area contributed by atoms with Crippen LogP contribution in [0.4, 0.5) is 11.4 Å². The maximum absolute atomic E-state index is 12.7. The molecule has 1 aliphatic rings. The van der Waals surface area contributed by atoms with Gasteiger partial charge in [-0.05, 0) is 61.4 Å². The number of carbonyl (C=O) groups excluding carboxylic acids is 2. The minimum atomic E-state index is -0.370. The molecule has 3 rings (SSSR count). The van der Waals surface area contributed by atoms with Crippen LogP contribution in [0.1, 0.15) is 17.5 Å². The van der Waals surface area contributed by atoms with Crippen LogP contribution in [0.25, 0.3) is 0 Å². The van der Waals surface area contributed by atoms with Crippen LogP contribution in [0.15, 0.2) is 40.9 Å². The third-order valence-corrected chi connectivity index (χ3v) is 5.09. The summed E-state index contributed by atoms with van der Waals surface area (Å²) in [5.41, 5.74) is 3.55. The second-order valence-corrected chi connectivity index (χ2v) is 7.64. The third-order valence-electron chi connectivity index (χ3n) is 4.38. The van der Waals surface area contributed by atoms with Crippen molar-refractivity contribution in [1.29, 1.82) is 0 Å². The number of rotatable bonds is 3. The van der Waals surface area contributed by atoms with E-state index in [1.807, 2.05) is 26.0 Å². The fraction of sp³-hybridized carbons (Fsp3) is 0.263. The molecule has 1 fully saturated rings. The van der Waals surface area contributed by atoms with E-state index in [0.29, 0.717) is 11.6 Å². The predicted octanol–water partition coefficient (Wildman–Crippen LogP) is 4.71. The van der Waals surface area contributed by atoms with Crippen molar-refractivity contribution in [2.75, 3.05) is 16.8 Å². The SMILES string of the molecule is Cc1cc(Br)cc(C)c1NC(=O)[C@H]1CC(=O)N(c2ccc(Cl)cc2)C1. The number of benzene rings is 2. The molecule has 0 unspecified atom stereocenters. The highest BCUT2D eigenvalue weighted by Crippen LogP contribution is 2.29. The molecule has 2 aromatic carbocycles. The minimum absolute atomic E-state index is 0.0493. The smallest absolute Gasteiger partial charge is 0.229 e. The van der Waals surface area contributed by atoms with E-state index in [1.54, 1.807) is 29.2 Å². The van der Waals surface area contributed by atoms with Gasteiger partial charge in [0.2, 0.25) is 11.8 Å². The first-order chi connectivity index (χ1) is 11.8. The van der Waals surface area contributed by atoms with E-state index in [1.165, 1.54) is 0 Å². The summed E-state index contributed by atoms with van der Waals surface area (Å²) >= 11 is 9.35. The molecular weight excluding hydrogens is 404 g/mol. The van der Waals surface area contributed by atoms with Crippen molar-refractivity contribution in [2.45, 2.75) is 20.3 Å². The van der Waals surface area contributed by atoms with Gasteiger partial charge in [-0.2, -0.15) is 0 Å². The molecule has 2 amide bonds. The lowest BCUT2D eigenvalue weighted by Crippen LogP contribution is -2.28. The molecule has 0 radical (unpaired) electrons. The normalized spacial score (nSPS) is 17.0. The summed E-state index contributed by atoms with van der Waals surface area (Å²) in [6, 6.07) is 11.0. The van der Waals surface area contributed by atoms with E-state index in [9.17, 15) is 9.59 Å². The summed E-state index contributed by atoms with van der Waals surface area (Å²) in [7, 11) is 0. The Morgan fingerprint density at radius 3 is 2.40 bits per heavy atom. The van der Waals surface area contributed by atoms with E-state index in [2.05, 4.69) is 21.2 Å². The van der Waals surface area contributed by atoms with E-state index < -0.39 is 0 Å². The van der Waals surface area contributed by atoms with E-state index in [-0.39, 0.29) is 24.2 Å². The van der Waals surface area contributed by atoms with Crippen molar-refractivity contribution in [3.8, 4) is 0 Å². The maximum atomic E-state index is 12.7. The quantitative estimate of drug-likeness (QED) is 0.780. The Morgan fingerprint density at radius 2 is 1.80 bits per heavy atom. The van der Waals surface area contributed by atoms with Gasteiger partial charge < -0.3 is 10.2 Å². The molecule has 4 nitrogen and oxygen atoms in total. The van der Waals surface area contributed by atoms with Crippen molar-refractivity contribution in [3.05, 3.63) is 57.0 Å². The van der Waals surface area contributed by atoms with Gasteiger partial charge in [0, 0.05) is 33.8 Å². The molecule has 0 aliphatic carbocycles. The molecule has 2 aromatic rings. The van der Waals surface area contributed by atoms with Crippen LogP contribution in [0.2, 0.25) is 5.02 Å².